The summed E-state index contributed by atoms with van der Waals surface area (Å²) < 4.78 is 14.3. The molecule has 0 aliphatic carbocycles. The van der Waals surface area contributed by atoms with Gasteiger partial charge in [0.1, 0.15) is 5.82 Å². The average molecular weight is 296 g/mol. The van der Waals surface area contributed by atoms with Gasteiger partial charge in [0.05, 0.1) is 0 Å². The van der Waals surface area contributed by atoms with Gasteiger partial charge in [0, 0.05) is 21.8 Å². The Kier molecular flexibility index (Phi) is 3.19. The number of benzene rings is 1. The number of aromatic carboxylic acids is 1. The van der Waals surface area contributed by atoms with Crippen LogP contribution in [0.25, 0.3) is 11.1 Å². The molecule has 0 saturated carbocycles. The van der Waals surface area contributed by atoms with Crippen LogP contribution in [0.15, 0.2) is 41.0 Å². The first kappa shape index (κ1) is 11.7. The van der Waals surface area contributed by atoms with E-state index in [1.807, 2.05) is 0 Å². The standard InChI is InChI=1S/C12H7BrFNO2/c13-7-3-4-10(14)9(6-7)8-2-1-5-15-11(8)12(16)17/h1-6H,(H,16,17). The van der Waals surface area contributed by atoms with Crippen molar-refractivity contribution < 1.29 is 14.3 Å². The summed E-state index contributed by atoms with van der Waals surface area (Å²) >= 11 is 3.22. The Morgan fingerprint density at radius 1 is 1.29 bits per heavy atom. The third-order valence-corrected chi connectivity index (χ3v) is 2.72. The van der Waals surface area contributed by atoms with E-state index < -0.39 is 11.8 Å². The van der Waals surface area contributed by atoms with E-state index in [9.17, 15) is 9.18 Å². The monoisotopic (exact) mass is 295 g/mol. The molecule has 2 aromatic rings. The summed E-state index contributed by atoms with van der Waals surface area (Å²) in [6, 6.07) is 7.45. The third kappa shape index (κ3) is 2.34. The number of halogens is 2. The Bertz CT molecular complexity index is 586. The highest BCUT2D eigenvalue weighted by molar-refractivity contribution is 9.10. The molecule has 5 heteroatoms. The predicted octanol–water partition coefficient (Wildman–Crippen LogP) is 3.35. The molecular weight excluding hydrogens is 289 g/mol. The van der Waals surface area contributed by atoms with E-state index in [-0.39, 0.29) is 16.8 Å². The molecule has 1 aromatic carbocycles. The zero-order chi connectivity index (χ0) is 12.4. The Morgan fingerprint density at radius 2 is 2.06 bits per heavy atom. The SMILES string of the molecule is O=C(O)c1ncccc1-c1cc(Br)ccc1F. The number of carboxylic acid groups (broad SMARTS) is 1. The Hall–Kier alpha value is -1.75. The first-order valence-corrected chi connectivity index (χ1v) is 5.52. The number of aromatic nitrogens is 1. The summed E-state index contributed by atoms with van der Waals surface area (Å²) in [5.74, 6) is -1.66. The fraction of sp³-hybridized carbons (Fsp3) is 0. The van der Waals surface area contributed by atoms with Crippen LogP contribution in [0, 0.1) is 5.82 Å². The van der Waals surface area contributed by atoms with Gasteiger partial charge in [0.25, 0.3) is 0 Å². The normalized spacial score (nSPS) is 10.2. The highest BCUT2D eigenvalue weighted by Gasteiger charge is 2.15. The van der Waals surface area contributed by atoms with Crippen molar-refractivity contribution in [2.75, 3.05) is 0 Å². The lowest BCUT2D eigenvalue weighted by atomic mass is 10.0. The minimum atomic E-state index is -1.18. The first-order chi connectivity index (χ1) is 8.09. The predicted molar refractivity (Wildman–Crippen MR) is 64.3 cm³/mol. The molecule has 0 fully saturated rings. The second-order valence-electron chi connectivity index (χ2n) is 3.33. The maximum atomic E-state index is 13.7. The average Bonchev–Trinajstić information content (AvgIpc) is 2.32. The molecule has 17 heavy (non-hydrogen) atoms. The number of pyridine rings is 1. The second kappa shape index (κ2) is 4.63. The summed E-state index contributed by atoms with van der Waals surface area (Å²) in [7, 11) is 0. The number of carbonyl (C=O) groups is 1. The van der Waals surface area contributed by atoms with Crippen molar-refractivity contribution in [1.82, 2.24) is 4.98 Å². The lowest BCUT2D eigenvalue weighted by Crippen LogP contribution is -2.03. The highest BCUT2D eigenvalue weighted by Crippen LogP contribution is 2.28. The number of hydrogen-bond donors (Lipinski definition) is 1. The lowest BCUT2D eigenvalue weighted by Gasteiger charge is -2.06. The van der Waals surface area contributed by atoms with Crippen LogP contribution in [0.4, 0.5) is 4.39 Å². The molecule has 3 nitrogen and oxygen atoms in total. The minimum absolute atomic E-state index is 0.162. The smallest absolute Gasteiger partial charge is 0.355 e. The first-order valence-electron chi connectivity index (χ1n) is 4.73. The summed E-state index contributed by atoms with van der Waals surface area (Å²) in [6.45, 7) is 0. The van der Waals surface area contributed by atoms with Crippen molar-refractivity contribution in [1.29, 1.82) is 0 Å². The molecule has 0 radical (unpaired) electrons. The Morgan fingerprint density at radius 3 is 2.76 bits per heavy atom. The maximum Gasteiger partial charge on any atom is 0.355 e. The van der Waals surface area contributed by atoms with Gasteiger partial charge in [-0.1, -0.05) is 22.0 Å². The number of carboxylic acids is 1. The summed E-state index contributed by atoms with van der Waals surface area (Å²) in [5.41, 5.74) is 0.313. The Balaban J connectivity index is 2.68. The van der Waals surface area contributed by atoms with Crippen LogP contribution in [0.2, 0.25) is 0 Å². The maximum absolute atomic E-state index is 13.7. The van der Waals surface area contributed by atoms with Gasteiger partial charge in [0.2, 0.25) is 0 Å². The fourth-order valence-corrected chi connectivity index (χ4v) is 1.86. The van der Waals surface area contributed by atoms with Crippen molar-refractivity contribution >= 4 is 21.9 Å². The van der Waals surface area contributed by atoms with Crippen LogP contribution in [-0.4, -0.2) is 16.1 Å². The second-order valence-corrected chi connectivity index (χ2v) is 4.24. The van der Waals surface area contributed by atoms with E-state index >= 15 is 0 Å². The van der Waals surface area contributed by atoms with Crippen LogP contribution in [0.5, 0.6) is 0 Å². The minimum Gasteiger partial charge on any atom is -0.476 e. The van der Waals surface area contributed by atoms with Gasteiger partial charge in [0.15, 0.2) is 5.69 Å². The van der Waals surface area contributed by atoms with Gasteiger partial charge < -0.3 is 5.11 Å². The molecule has 0 unspecified atom stereocenters. The molecule has 2 rings (SSSR count). The number of nitrogens with zero attached hydrogens (tertiary/aromatic N) is 1. The molecule has 0 spiro atoms. The summed E-state index contributed by atoms with van der Waals surface area (Å²) in [6.07, 6.45) is 1.36. The summed E-state index contributed by atoms with van der Waals surface area (Å²) in [5, 5.41) is 8.99. The molecule has 0 aliphatic heterocycles. The van der Waals surface area contributed by atoms with E-state index in [1.165, 1.54) is 24.4 Å². The van der Waals surface area contributed by atoms with Gasteiger partial charge in [-0.25, -0.2) is 14.2 Å². The van der Waals surface area contributed by atoms with Crippen LogP contribution in [0.3, 0.4) is 0 Å². The summed E-state index contributed by atoms with van der Waals surface area (Å²) in [4.78, 5) is 14.7. The lowest BCUT2D eigenvalue weighted by molar-refractivity contribution is 0.0691. The molecule has 1 heterocycles. The molecular formula is C12H7BrFNO2. The van der Waals surface area contributed by atoms with Crippen molar-refractivity contribution in [3.05, 3.63) is 52.5 Å². The fourth-order valence-electron chi connectivity index (χ4n) is 1.50. The number of hydrogen-bond acceptors (Lipinski definition) is 2. The molecule has 0 aliphatic rings. The molecule has 86 valence electrons. The van der Waals surface area contributed by atoms with Crippen LogP contribution in [-0.2, 0) is 0 Å². The van der Waals surface area contributed by atoms with Gasteiger partial charge >= 0.3 is 5.97 Å². The van der Waals surface area contributed by atoms with E-state index in [0.717, 1.165) is 0 Å². The van der Waals surface area contributed by atoms with Gasteiger partial charge in [-0.05, 0) is 24.3 Å². The topological polar surface area (TPSA) is 50.2 Å². The molecule has 0 saturated heterocycles. The van der Waals surface area contributed by atoms with Gasteiger partial charge in [-0.15, -0.1) is 0 Å². The van der Waals surface area contributed by atoms with E-state index in [0.29, 0.717) is 4.47 Å². The largest absolute Gasteiger partial charge is 0.476 e. The van der Waals surface area contributed by atoms with Gasteiger partial charge in [-0.3, -0.25) is 0 Å². The number of rotatable bonds is 2. The Labute approximate surface area is 105 Å². The zero-order valence-electron chi connectivity index (χ0n) is 8.52. The van der Waals surface area contributed by atoms with Crippen molar-refractivity contribution in [3.63, 3.8) is 0 Å². The quantitative estimate of drug-likeness (QED) is 0.924. The molecule has 1 aromatic heterocycles. The van der Waals surface area contributed by atoms with Crippen molar-refractivity contribution in [2.45, 2.75) is 0 Å². The molecule has 0 bridgehead atoms. The van der Waals surface area contributed by atoms with E-state index in [1.54, 1.807) is 12.1 Å². The van der Waals surface area contributed by atoms with Crippen LogP contribution >= 0.6 is 15.9 Å². The van der Waals surface area contributed by atoms with Crippen LogP contribution in [0.1, 0.15) is 10.5 Å². The van der Waals surface area contributed by atoms with Crippen molar-refractivity contribution in [3.8, 4) is 11.1 Å². The van der Waals surface area contributed by atoms with Gasteiger partial charge in [-0.2, -0.15) is 0 Å². The highest BCUT2D eigenvalue weighted by atomic mass is 79.9. The van der Waals surface area contributed by atoms with Crippen molar-refractivity contribution in [2.24, 2.45) is 0 Å². The van der Waals surface area contributed by atoms with E-state index in [4.69, 9.17) is 5.11 Å². The van der Waals surface area contributed by atoms with E-state index in [2.05, 4.69) is 20.9 Å². The molecule has 0 atom stereocenters. The zero-order valence-corrected chi connectivity index (χ0v) is 10.1. The molecule has 1 N–H and O–H groups in total. The third-order valence-electron chi connectivity index (χ3n) is 2.23. The molecule has 0 amide bonds. The van der Waals surface area contributed by atoms with Crippen LogP contribution < -0.4 is 0 Å².